The van der Waals surface area contributed by atoms with Crippen LogP contribution >= 0.6 is 0 Å². The van der Waals surface area contributed by atoms with E-state index in [9.17, 15) is 0 Å². The molecule has 4 aliphatic heterocycles. The van der Waals surface area contributed by atoms with Gasteiger partial charge in [0.15, 0.2) is 12.0 Å². The molecule has 0 aromatic rings. The summed E-state index contributed by atoms with van der Waals surface area (Å²) in [5.41, 5.74) is -0.127. The Kier molecular flexibility index (Phi) is 3.10. The van der Waals surface area contributed by atoms with Crippen molar-refractivity contribution < 1.29 is 14.3 Å². The van der Waals surface area contributed by atoms with Crippen LogP contribution in [0.15, 0.2) is 0 Å². The zero-order valence-electron chi connectivity index (χ0n) is 11.8. The summed E-state index contributed by atoms with van der Waals surface area (Å²) in [7, 11) is 0. The van der Waals surface area contributed by atoms with Gasteiger partial charge in [-0.2, -0.15) is 5.06 Å². The van der Waals surface area contributed by atoms with E-state index in [1.54, 1.807) is 0 Å². The molecular weight excluding hydrogens is 242 g/mol. The predicted molar refractivity (Wildman–Crippen MR) is 70.1 cm³/mol. The second kappa shape index (κ2) is 4.69. The van der Waals surface area contributed by atoms with Crippen molar-refractivity contribution >= 4 is 0 Å². The lowest BCUT2D eigenvalue weighted by Gasteiger charge is -2.51. The molecule has 4 aliphatic rings. The van der Waals surface area contributed by atoms with Crippen LogP contribution in [0.4, 0.5) is 0 Å². The molecule has 6 atom stereocenters. The van der Waals surface area contributed by atoms with Crippen molar-refractivity contribution in [2.24, 2.45) is 11.8 Å². The van der Waals surface area contributed by atoms with Crippen LogP contribution in [0.3, 0.4) is 0 Å². The zero-order chi connectivity index (χ0) is 12.9. The van der Waals surface area contributed by atoms with Crippen molar-refractivity contribution in [3.8, 4) is 0 Å². The van der Waals surface area contributed by atoms with Crippen LogP contribution in [0.2, 0.25) is 0 Å². The summed E-state index contributed by atoms with van der Waals surface area (Å²) >= 11 is 0. The lowest BCUT2D eigenvalue weighted by molar-refractivity contribution is -0.330. The molecule has 0 amide bonds. The van der Waals surface area contributed by atoms with Crippen molar-refractivity contribution in [2.75, 3.05) is 13.2 Å². The van der Waals surface area contributed by atoms with Gasteiger partial charge in [0.05, 0.1) is 6.61 Å². The van der Waals surface area contributed by atoms with Gasteiger partial charge in [0.1, 0.15) is 0 Å². The molecule has 0 radical (unpaired) electrons. The van der Waals surface area contributed by atoms with Gasteiger partial charge in [0.2, 0.25) is 0 Å². The summed E-state index contributed by atoms with van der Waals surface area (Å²) in [6.07, 6.45) is 8.47. The van der Waals surface area contributed by atoms with Crippen LogP contribution in [0.1, 0.15) is 51.9 Å². The van der Waals surface area contributed by atoms with Crippen LogP contribution in [0.5, 0.6) is 0 Å². The smallest absolute Gasteiger partial charge is 0.160 e. The molecule has 4 rings (SSSR count). The van der Waals surface area contributed by atoms with E-state index in [0.717, 1.165) is 26.1 Å². The minimum absolute atomic E-state index is 0.0000926. The summed E-state index contributed by atoms with van der Waals surface area (Å²) in [5.74, 6) is 1.18. The van der Waals surface area contributed by atoms with E-state index in [1.807, 2.05) is 0 Å². The summed E-state index contributed by atoms with van der Waals surface area (Å²) in [5, 5.41) is 2.23. The van der Waals surface area contributed by atoms with Gasteiger partial charge >= 0.3 is 0 Å². The van der Waals surface area contributed by atoms with Gasteiger partial charge in [-0.1, -0.05) is 13.3 Å². The Morgan fingerprint density at radius 2 is 2.05 bits per heavy atom. The van der Waals surface area contributed by atoms with Gasteiger partial charge in [-0.15, -0.1) is 0 Å². The van der Waals surface area contributed by atoms with E-state index >= 15 is 0 Å². The highest BCUT2D eigenvalue weighted by molar-refractivity contribution is 5.07. The topological polar surface area (TPSA) is 30.9 Å². The first-order valence-corrected chi connectivity index (χ1v) is 8.06. The van der Waals surface area contributed by atoms with Gasteiger partial charge in [0.25, 0.3) is 0 Å². The molecule has 4 nitrogen and oxygen atoms in total. The maximum atomic E-state index is 6.44. The van der Waals surface area contributed by atoms with Crippen LogP contribution in [0.25, 0.3) is 0 Å². The van der Waals surface area contributed by atoms with Crippen molar-refractivity contribution in [2.45, 2.75) is 69.9 Å². The summed E-state index contributed by atoms with van der Waals surface area (Å²) < 4.78 is 12.4. The van der Waals surface area contributed by atoms with Crippen molar-refractivity contribution in [1.82, 2.24) is 5.06 Å². The maximum Gasteiger partial charge on any atom is 0.160 e. The first-order chi connectivity index (χ1) is 9.34. The third-order valence-electron chi connectivity index (χ3n) is 5.56. The summed E-state index contributed by atoms with van der Waals surface area (Å²) in [6, 6.07) is 0.587. The molecule has 4 heteroatoms. The number of hydrogen-bond donors (Lipinski definition) is 0. The number of piperidine rings is 2. The second-order valence-electron chi connectivity index (χ2n) is 6.58. The Labute approximate surface area is 115 Å². The highest BCUT2D eigenvalue weighted by atomic mass is 16.8. The van der Waals surface area contributed by atoms with E-state index in [2.05, 4.69) is 12.0 Å². The standard InChI is InChI=1S/C15H25NO3/c1-2-3-8-17-14-9-11-4-6-13-7-5-12-10-18-16(13)15(11,12)19-14/h11-14H,2-10H2,1H3/t11-,12-,13+,14-,15+/m0/s1. The number of nitrogens with zero attached hydrogens (tertiary/aromatic N) is 1. The quantitative estimate of drug-likeness (QED) is 0.733. The molecular formula is C15H25NO3. The van der Waals surface area contributed by atoms with Crippen LogP contribution < -0.4 is 0 Å². The fourth-order valence-corrected chi connectivity index (χ4v) is 4.62. The summed E-state index contributed by atoms with van der Waals surface area (Å²) in [4.78, 5) is 5.98. The number of rotatable bonds is 4. The van der Waals surface area contributed by atoms with Crippen molar-refractivity contribution in [3.05, 3.63) is 0 Å². The van der Waals surface area contributed by atoms with Crippen LogP contribution in [-0.2, 0) is 14.3 Å². The van der Waals surface area contributed by atoms with E-state index in [1.165, 1.54) is 32.1 Å². The summed E-state index contributed by atoms with van der Waals surface area (Å²) in [6.45, 7) is 3.89. The van der Waals surface area contributed by atoms with E-state index in [-0.39, 0.29) is 12.0 Å². The highest BCUT2D eigenvalue weighted by Crippen LogP contribution is 2.58. The molecule has 0 saturated carbocycles. The third-order valence-corrected chi connectivity index (χ3v) is 5.56. The Morgan fingerprint density at radius 1 is 1.21 bits per heavy atom. The van der Waals surface area contributed by atoms with Gasteiger partial charge in [-0.25, -0.2) is 0 Å². The number of hydroxylamine groups is 2. The average Bonchev–Trinajstić information content (AvgIpc) is 2.86. The number of ether oxygens (including phenoxy) is 2. The van der Waals surface area contributed by atoms with Gasteiger partial charge in [0, 0.05) is 30.9 Å². The van der Waals surface area contributed by atoms with E-state index < -0.39 is 0 Å². The van der Waals surface area contributed by atoms with Crippen molar-refractivity contribution in [3.63, 3.8) is 0 Å². The molecule has 0 N–H and O–H groups in total. The Hall–Kier alpha value is -0.160. The number of unbranched alkanes of at least 4 members (excludes halogenated alkanes) is 1. The first-order valence-electron chi connectivity index (χ1n) is 8.06. The lowest BCUT2D eigenvalue weighted by Crippen LogP contribution is -2.61. The molecule has 4 saturated heterocycles. The largest absolute Gasteiger partial charge is 0.353 e. The first kappa shape index (κ1) is 12.6. The lowest BCUT2D eigenvalue weighted by atomic mass is 9.71. The number of hydrogen-bond acceptors (Lipinski definition) is 4. The molecule has 108 valence electrons. The fraction of sp³-hybridized carbons (Fsp3) is 1.00. The zero-order valence-corrected chi connectivity index (χ0v) is 11.8. The molecule has 19 heavy (non-hydrogen) atoms. The maximum absolute atomic E-state index is 6.44. The second-order valence-corrected chi connectivity index (χ2v) is 6.58. The Morgan fingerprint density at radius 3 is 2.89 bits per heavy atom. The molecule has 4 bridgehead atoms. The molecule has 4 fully saturated rings. The normalized spacial score (nSPS) is 51.3. The predicted octanol–water partition coefficient (Wildman–Crippen LogP) is 2.68. The van der Waals surface area contributed by atoms with Gasteiger partial charge in [-0.05, 0) is 32.1 Å². The van der Waals surface area contributed by atoms with E-state index in [0.29, 0.717) is 17.9 Å². The van der Waals surface area contributed by atoms with Crippen molar-refractivity contribution in [1.29, 1.82) is 0 Å². The molecule has 0 aliphatic carbocycles. The minimum Gasteiger partial charge on any atom is -0.353 e. The highest BCUT2D eigenvalue weighted by Gasteiger charge is 2.66. The van der Waals surface area contributed by atoms with Crippen LogP contribution in [0, 0.1) is 11.8 Å². The average molecular weight is 267 g/mol. The minimum atomic E-state index is -0.127. The molecule has 0 aromatic heterocycles. The Balaban J connectivity index is 1.52. The molecule has 1 unspecified atom stereocenters. The molecule has 0 aromatic carbocycles. The van der Waals surface area contributed by atoms with Gasteiger partial charge in [-0.3, -0.25) is 4.84 Å². The fourth-order valence-electron chi connectivity index (χ4n) is 4.62. The molecule has 1 spiro atoms. The SMILES string of the molecule is CCCCO[C@@H]1C[C@@H]2CC[C@@H]3CC[C@H]4CON3[C@]42O1. The third kappa shape index (κ3) is 1.73. The van der Waals surface area contributed by atoms with Gasteiger partial charge < -0.3 is 9.47 Å². The Bertz CT molecular complexity index is 350. The monoisotopic (exact) mass is 267 g/mol. The van der Waals surface area contributed by atoms with E-state index in [4.69, 9.17) is 14.3 Å². The molecule has 4 heterocycles. The van der Waals surface area contributed by atoms with Crippen LogP contribution in [-0.4, -0.2) is 36.3 Å².